The molecule has 0 bridgehead atoms. The van der Waals surface area contributed by atoms with Crippen LogP contribution in [0, 0.1) is 0 Å². The molecular weight excluding hydrogens is 240 g/mol. The lowest BCUT2D eigenvalue weighted by Crippen LogP contribution is -2.36. The zero-order valence-corrected chi connectivity index (χ0v) is 11.3. The topological polar surface area (TPSA) is 71.4 Å². The first-order chi connectivity index (χ1) is 9.28. The van der Waals surface area contributed by atoms with Crippen molar-refractivity contribution in [2.75, 3.05) is 13.2 Å². The molecule has 2 atom stereocenters. The summed E-state index contributed by atoms with van der Waals surface area (Å²) in [6.45, 7) is 2.75. The van der Waals surface area contributed by atoms with Crippen molar-refractivity contribution in [3.63, 3.8) is 0 Å². The van der Waals surface area contributed by atoms with Crippen LogP contribution < -0.4 is 11.1 Å². The maximum Gasteiger partial charge on any atom is 0.134 e. The Bertz CT molecular complexity index is 477. The Hall–Kier alpha value is -1.36. The molecule has 0 spiro atoms. The third kappa shape index (κ3) is 3.35. The van der Waals surface area contributed by atoms with E-state index in [1.165, 1.54) is 0 Å². The van der Waals surface area contributed by atoms with E-state index in [-0.39, 0.29) is 18.7 Å². The van der Waals surface area contributed by atoms with Gasteiger partial charge in [0.2, 0.25) is 0 Å². The van der Waals surface area contributed by atoms with E-state index < -0.39 is 0 Å². The fourth-order valence-corrected chi connectivity index (χ4v) is 2.29. The maximum atomic E-state index is 9.04. The third-order valence-electron chi connectivity index (χ3n) is 3.43. The summed E-state index contributed by atoms with van der Waals surface area (Å²) in [5.41, 5.74) is 6.72. The summed E-state index contributed by atoms with van der Waals surface area (Å²) in [5.74, 6) is 0.861. The Morgan fingerprint density at radius 1 is 1.37 bits per heavy atom. The summed E-state index contributed by atoms with van der Waals surface area (Å²) >= 11 is 0. The molecule has 2 rings (SSSR count). The highest BCUT2D eigenvalue weighted by Gasteiger charge is 2.18. The van der Waals surface area contributed by atoms with Crippen LogP contribution in [0.4, 0.5) is 0 Å². The molecule has 0 aliphatic heterocycles. The fraction of sp³-hybridized carbons (Fsp3) is 0.467. The van der Waals surface area contributed by atoms with Crippen molar-refractivity contribution >= 4 is 11.0 Å². The van der Waals surface area contributed by atoms with Crippen LogP contribution in [0.2, 0.25) is 0 Å². The number of nitrogens with one attached hydrogen (secondary N) is 1. The number of hydrogen-bond donors (Lipinski definition) is 3. The first-order valence-corrected chi connectivity index (χ1v) is 6.84. The van der Waals surface area contributed by atoms with E-state index in [4.69, 9.17) is 15.3 Å². The molecule has 2 aromatic rings. The van der Waals surface area contributed by atoms with Gasteiger partial charge in [-0.3, -0.25) is 0 Å². The highest BCUT2D eigenvalue weighted by Crippen LogP contribution is 2.24. The zero-order chi connectivity index (χ0) is 13.7. The fourth-order valence-electron chi connectivity index (χ4n) is 2.29. The average molecular weight is 262 g/mol. The monoisotopic (exact) mass is 262 g/mol. The maximum absolute atomic E-state index is 9.04. The molecule has 0 aliphatic rings. The summed E-state index contributed by atoms with van der Waals surface area (Å²) in [7, 11) is 0. The van der Waals surface area contributed by atoms with Crippen molar-refractivity contribution in [3.8, 4) is 0 Å². The van der Waals surface area contributed by atoms with Gasteiger partial charge in [0.05, 0.1) is 6.04 Å². The second-order valence-electron chi connectivity index (χ2n) is 4.76. The molecule has 4 heteroatoms. The lowest BCUT2D eigenvalue weighted by Gasteiger charge is -2.22. The van der Waals surface area contributed by atoms with Crippen LogP contribution in [-0.4, -0.2) is 24.3 Å². The Morgan fingerprint density at radius 3 is 2.79 bits per heavy atom. The standard InChI is InChI=1S/C15H22N2O2/c1-2-12(7-8-18)17-13(10-16)15-9-11-5-3-4-6-14(11)19-15/h3-6,9,12-13,17-18H,2,7-8,10,16H2,1H3. The van der Waals surface area contributed by atoms with Crippen LogP contribution in [0.25, 0.3) is 11.0 Å². The molecular formula is C15H22N2O2. The molecule has 1 aromatic carbocycles. The van der Waals surface area contributed by atoms with E-state index >= 15 is 0 Å². The van der Waals surface area contributed by atoms with Gasteiger partial charge in [0.15, 0.2) is 0 Å². The molecule has 19 heavy (non-hydrogen) atoms. The van der Waals surface area contributed by atoms with E-state index in [2.05, 4.69) is 12.2 Å². The predicted octanol–water partition coefficient (Wildman–Crippen LogP) is 2.18. The minimum Gasteiger partial charge on any atom is -0.459 e. The van der Waals surface area contributed by atoms with Gasteiger partial charge < -0.3 is 20.6 Å². The van der Waals surface area contributed by atoms with Crippen LogP contribution in [0.15, 0.2) is 34.7 Å². The number of para-hydroxylation sites is 1. The van der Waals surface area contributed by atoms with Crippen LogP contribution >= 0.6 is 0 Å². The molecule has 0 fully saturated rings. The largest absolute Gasteiger partial charge is 0.459 e. The van der Waals surface area contributed by atoms with Crippen molar-refractivity contribution in [2.24, 2.45) is 5.73 Å². The van der Waals surface area contributed by atoms with Crippen LogP contribution in [0.1, 0.15) is 31.6 Å². The Morgan fingerprint density at radius 2 is 2.16 bits per heavy atom. The second kappa shape index (κ2) is 6.70. The summed E-state index contributed by atoms with van der Waals surface area (Å²) in [6, 6.07) is 10.2. The van der Waals surface area contributed by atoms with Gasteiger partial charge in [-0.1, -0.05) is 25.1 Å². The molecule has 0 amide bonds. The van der Waals surface area contributed by atoms with Gasteiger partial charge in [-0.25, -0.2) is 0 Å². The highest BCUT2D eigenvalue weighted by molar-refractivity contribution is 5.77. The summed E-state index contributed by atoms with van der Waals surface area (Å²) in [6.07, 6.45) is 1.69. The number of fused-ring (bicyclic) bond motifs is 1. The van der Waals surface area contributed by atoms with Gasteiger partial charge in [0.25, 0.3) is 0 Å². The molecule has 0 aliphatic carbocycles. The molecule has 4 nitrogen and oxygen atoms in total. The van der Waals surface area contributed by atoms with E-state index in [1.54, 1.807) is 0 Å². The minimum atomic E-state index is -0.0103. The van der Waals surface area contributed by atoms with Crippen molar-refractivity contribution in [2.45, 2.75) is 31.8 Å². The number of aliphatic hydroxyl groups is 1. The molecule has 1 heterocycles. The summed E-state index contributed by atoms with van der Waals surface area (Å²) in [4.78, 5) is 0. The van der Waals surface area contributed by atoms with Crippen molar-refractivity contribution in [1.29, 1.82) is 0 Å². The van der Waals surface area contributed by atoms with Gasteiger partial charge in [-0.15, -0.1) is 0 Å². The number of hydrogen-bond acceptors (Lipinski definition) is 4. The lowest BCUT2D eigenvalue weighted by atomic mass is 10.1. The second-order valence-corrected chi connectivity index (χ2v) is 4.76. The van der Waals surface area contributed by atoms with Gasteiger partial charge in [-0.05, 0) is 25.0 Å². The Kier molecular flexibility index (Phi) is 4.96. The van der Waals surface area contributed by atoms with E-state index in [1.807, 2.05) is 30.3 Å². The molecule has 104 valence electrons. The molecule has 0 radical (unpaired) electrons. The summed E-state index contributed by atoms with van der Waals surface area (Å²) < 4.78 is 5.84. The molecule has 1 aromatic heterocycles. The smallest absolute Gasteiger partial charge is 0.134 e. The van der Waals surface area contributed by atoms with E-state index in [9.17, 15) is 0 Å². The minimum absolute atomic E-state index is 0.0103. The van der Waals surface area contributed by atoms with Crippen LogP contribution in [0.3, 0.4) is 0 Å². The number of nitrogens with two attached hydrogens (primary N) is 1. The molecule has 2 unspecified atom stereocenters. The number of aliphatic hydroxyl groups excluding tert-OH is 1. The van der Waals surface area contributed by atoms with Crippen molar-refractivity contribution in [1.82, 2.24) is 5.32 Å². The molecule has 0 saturated carbocycles. The number of benzene rings is 1. The number of furan rings is 1. The van der Waals surface area contributed by atoms with Crippen LogP contribution in [0.5, 0.6) is 0 Å². The van der Waals surface area contributed by atoms with Crippen LogP contribution in [-0.2, 0) is 0 Å². The predicted molar refractivity (Wildman–Crippen MR) is 76.9 cm³/mol. The third-order valence-corrected chi connectivity index (χ3v) is 3.43. The van der Waals surface area contributed by atoms with E-state index in [0.29, 0.717) is 6.54 Å². The van der Waals surface area contributed by atoms with E-state index in [0.717, 1.165) is 29.6 Å². The summed E-state index contributed by atoms with van der Waals surface area (Å²) in [5, 5.41) is 13.6. The van der Waals surface area contributed by atoms with Gasteiger partial charge in [-0.2, -0.15) is 0 Å². The molecule has 0 saturated heterocycles. The average Bonchev–Trinajstić information content (AvgIpc) is 2.87. The number of rotatable bonds is 7. The molecule has 4 N–H and O–H groups in total. The quantitative estimate of drug-likeness (QED) is 0.715. The normalized spacial score (nSPS) is 14.7. The SMILES string of the molecule is CCC(CCO)NC(CN)c1cc2ccccc2o1. The Labute approximate surface area is 113 Å². The van der Waals surface area contributed by atoms with Crippen molar-refractivity contribution < 1.29 is 9.52 Å². The highest BCUT2D eigenvalue weighted by atomic mass is 16.3. The van der Waals surface area contributed by atoms with Gasteiger partial charge >= 0.3 is 0 Å². The lowest BCUT2D eigenvalue weighted by molar-refractivity contribution is 0.252. The van der Waals surface area contributed by atoms with Gasteiger partial charge in [0, 0.05) is 24.6 Å². The zero-order valence-electron chi connectivity index (χ0n) is 11.3. The van der Waals surface area contributed by atoms with Crippen molar-refractivity contribution in [3.05, 3.63) is 36.1 Å². The first kappa shape index (κ1) is 14.1. The Balaban J connectivity index is 2.16. The van der Waals surface area contributed by atoms with Gasteiger partial charge in [0.1, 0.15) is 11.3 Å². The first-order valence-electron chi connectivity index (χ1n) is 6.84.